The molecule has 0 saturated carbocycles. The summed E-state index contributed by atoms with van der Waals surface area (Å²) in [5, 5.41) is 11.3. The average Bonchev–Trinajstić information content (AvgIpc) is 2.26. The smallest absolute Gasteiger partial charge is 0.238 e. The van der Waals surface area contributed by atoms with Crippen LogP contribution in [0.15, 0.2) is 30.3 Å². The number of benzene rings is 1. The molecule has 4 N–H and O–H groups in total. The van der Waals surface area contributed by atoms with Gasteiger partial charge in [-0.25, -0.2) is 0 Å². The fourth-order valence-electron chi connectivity index (χ4n) is 1.12. The number of amides is 1. The molecule has 0 atom stereocenters. The molecule has 1 aromatic carbocycles. The van der Waals surface area contributed by atoms with Crippen LogP contribution in [0.3, 0.4) is 0 Å². The molecule has 0 unspecified atom stereocenters. The Labute approximate surface area is 88.4 Å². The lowest BCUT2D eigenvalue weighted by atomic mass is 10.2. The molecule has 0 heterocycles. The van der Waals surface area contributed by atoms with Crippen LogP contribution < -0.4 is 11.1 Å². The standard InChI is InChI=1S/C11H14N2O2/c12-8-11(15)13-10-5-1-3-9(7-10)4-2-6-14/h1-5,7,14H,6,8,12H2,(H,13,15). The van der Waals surface area contributed by atoms with Gasteiger partial charge in [0, 0.05) is 5.69 Å². The van der Waals surface area contributed by atoms with E-state index < -0.39 is 0 Å². The van der Waals surface area contributed by atoms with Gasteiger partial charge in [-0.15, -0.1) is 0 Å². The molecule has 15 heavy (non-hydrogen) atoms. The fourth-order valence-corrected chi connectivity index (χ4v) is 1.12. The first kappa shape index (κ1) is 11.4. The molecule has 4 heteroatoms. The van der Waals surface area contributed by atoms with Gasteiger partial charge < -0.3 is 16.2 Å². The van der Waals surface area contributed by atoms with Gasteiger partial charge in [-0.3, -0.25) is 4.79 Å². The van der Waals surface area contributed by atoms with Crippen molar-refractivity contribution in [3.63, 3.8) is 0 Å². The first-order valence-corrected chi connectivity index (χ1v) is 4.63. The zero-order valence-corrected chi connectivity index (χ0v) is 8.31. The first-order valence-electron chi connectivity index (χ1n) is 4.63. The number of rotatable bonds is 4. The van der Waals surface area contributed by atoms with E-state index in [0.29, 0.717) is 5.69 Å². The summed E-state index contributed by atoms with van der Waals surface area (Å²) in [6, 6.07) is 7.29. The van der Waals surface area contributed by atoms with E-state index in [-0.39, 0.29) is 19.1 Å². The maximum atomic E-state index is 11.0. The second-order valence-electron chi connectivity index (χ2n) is 2.96. The lowest BCUT2D eigenvalue weighted by molar-refractivity contribution is -0.114. The van der Waals surface area contributed by atoms with E-state index in [1.54, 1.807) is 24.3 Å². The fraction of sp³-hybridized carbons (Fsp3) is 0.182. The van der Waals surface area contributed by atoms with E-state index in [4.69, 9.17) is 10.8 Å². The second-order valence-corrected chi connectivity index (χ2v) is 2.96. The Bertz CT molecular complexity index is 361. The van der Waals surface area contributed by atoms with Crippen molar-refractivity contribution in [1.82, 2.24) is 0 Å². The van der Waals surface area contributed by atoms with Crippen LogP contribution in [-0.4, -0.2) is 24.2 Å². The molecule has 0 radical (unpaired) electrons. The first-order chi connectivity index (χ1) is 7.26. The minimum Gasteiger partial charge on any atom is -0.392 e. The largest absolute Gasteiger partial charge is 0.392 e. The van der Waals surface area contributed by atoms with Crippen LogP contribution >= 0.6 is 0 Å². The van der Waals surface area contributed by atoms with Crippen molar-refractivity contribution in [1.29, 1.82) is 0 Å². The van der Waals surface area contributed by atoms with Crippen molar-refractivity contribution in [2.75, 3.05) is 18.5 Å². The molecule has 0 saturated heterocycles. The maximum absolute atomic E-state index is 11.0. The van der Waals surface area contributed by atoms with Gasteiger partial charge in [0.2, 0.25) is 5.91 Å². The summed E-state index contributed by atoms with van der Waals surface area (Å²) in [4.78, 5) is 11.0. The molecule has 1 amide bonds. The van der Waals surface area contributed by atoms with Crippen molar-refractivity contribution < 1.29 is 9.90 Å². The Morgan fingerprint density at radius 3 is 3.00 bits per heavy atom. The number of nitrogens with two attached hydrogens (primary N) is 1. The Morgan fingerprint density at radius 1 is 1.53 bits per heavy atom. The molecule has 0 aliphatic rings. The monoisotopic (exact) mass is 206 g/mol. The number of hydrogen-bond acceptors (Lipinski definition) is 3. The summed E-state index contributed by atoms with van der Waals surface area (Å²) < 4.78 is 0. The minimum atomic E-state index is -0.224. The van der Waals surface area contributed by atoms with Gasteiger partial charge >= 0.3 is 0 Å². The number of carbonyl (C=O) groups excluding carboxylic acids is 1. The molecule has 1 rings (SSSR count). The van der Waals surface area contributed by atoms with Gasteiger partial charge in [-0.05, 0) is 17.7 Å². The third kappa shape index (κ3) is 3.93. The molecular weight excluding hydrogens is 192 g/mol. The normalized spacial score (nSPS) is 10.5. The second kappa shape index (κ2) is 5.95. The Balaban J connectivity index is 2.74. The van der Waals surface area contributed by atoms with Crippen molar-refractivity contribution in [3.05, 3.63) is 35.9 Å². The molecule has 1 aromatic rings. The molecule has 0 spiro atoms. The van der Waals surface area contributed by atoms with E-state index in [0.717, 1.165) is 5.56 Å². The number of carbonyl (C=O) groups is 1. The van der Waals surface area contributed by atoms with Crippen molar-refractivity contribution in [2.24, 2.45) is 5.73 Å². The van der Waals surface area contributed by atoms with Gasteiger partial charge in [0.05, 0.1) is 13.2 Å². The lowest BCUT2D eigenvalue weighted by Gasteiger charge is -2.03. The highest BCUT2D eigenvalue weighted by Gasteiger charge is 1.98. The van der Waals surface area contributed by atoms with Gasteiger partial charge in [0.15, 0.2) is 0 Å². The van der Waals surface area contributed by atoms with Crippen LogP contribution in [0.25, 0.3) is 6.08 Å². The summed E-state index contributed by atoms with van der Waals surface area (Å²) in [5.41, 5.74) is 6.79. The molecule has 0 aliphatic heterocycles. The van der Waals surface area contributed by atoms with Gasteiger partial charge in [0.1, 0.15) is 0 Å². The number of anilines is 1. The van der Waals surface area contributed by atoms with Crippen LogP contribution in [0.4, 0.5) is 5.69 Å². The van der Waals surface area contributed by atoms with Crippen molar-refractivity contribution >= 4 is 17.7 Å². The van der Waals surface area contributed by atoms with E-state index in [1.807, 2.05) is 12.1 Å². The predicted molar refractivity (Wildman–Crippen MR) is 60.2 cm³/mol. The highest BCUT2D eigenvalue weighted by Crippen LogP contribution is 2.11. The molecule has 0 fully saturated rings. The van der Waals surface area contributed by atoms with Gasteiger partial charge in [-0.2, -0.15) is 0 Å². The quantitative estimate of drug-likeness (QED) is 0.675. The maximum Gasteiger partial charge on any atom is 0.238 e. The van der Waals surface area contributed by atoms with Crippen molar-refractivity contribution in [2.45, 2.75) is 0 Å². The SMILES string of the molecule is NCC(=O)Nc1cccc(C=CCO)c1. The van der Waals surface area contributed by atoms with E-state index >= 15 is 0 Å². The van der Waals surface area contributed by atoms with E-state index in [1.165, 1.54) is 0 Å². The summed E-state index contributed by atoms with van der Waals surface area (Å²) in [5.74, 6) is -0.224. The van der Waals surface area contributed by atoms with Crippen LogP contribution in [-0.2, 0) is 4.79 Å². The predicted octanol–water partition coefficient (Wildman–Crippen LogP) is 0.589. The highest BCUT2D eigenvalue weighted by atomic mass is 16.2. The Hall–Kier alpha value is -1.65. The van der Waals surface area contributed by atoms with Crippen LogP contribution in [0.1, 0.15) is 5.56 Å². The zero-order chi connectivity index (χ0) is 11.1. The summed E-state index contributed by atoms with van der Waals surface area (Å²) in [6.45, 7) is -0.0317. The average molecular weight is 206 g/mol. The van der Waals surface area contributed by atoms with Gasteiger partial charge in [0.25, 0.3) is 0 Å². The third-order valence-corrected chi connectivity index (χ3v) is 1.77. The lowest BCUT2D eigenvalue weighted by Crippen LogP contribution is -2.21. The molecule has 4 nitrogen and oxygen atoms in total. The number of aliphatic hydroxyl groups excluding tert-OH is 1. The number of hydrogen-bond donors (Lipinski definition) is 3. The van der Waals surface area contributed by atoms with Gasteiger partial charge in [-0.1, -0.05) is 24.3 Å². The summed E-state index contributed by atoms with van der Waals surface area (Å²) in [6.07, 6.45) is 3.40. The van der Waals surface area contributed by atoms with Crippen LogP contribution in [0.2, 0.25) is 0 Å². The minimum absolute atomic E-state index is 0.000608. The third-order valence-electron chi connectivity index (χ3n) is 1.77. The number of nitrogens with one attached hydrogen (secondary N) is 1. The Morgan fingerprint density at radius 2 is 2.33 bits per heavy atom. The summed E-state index contributed by atoms with van der Waals surface area (Å²) >= 11 is 0. The number of aliphatic hydroxyl groups is 1. The topological polar surface area (TPSA) is 75.4 Å². The highest BCUT2D eigenvalue weighted by molar-refractivity contribution is 5.92. The zero-order valence-electron chi connectivity index (χ0n) is 8.31. The van der Waals surface area contributed by atoms with E-state index in [9.17, 15) is 4.79 Å². The molecule has 80 valence electrons. The molecule has 0 bridgehead atoms. The van der Waals surface area contributed by atoms with Crippen molar-refractivity contribution in [3.8, 4) is 0 Å². The molecule has 0 aliphatic carbocycles. The van der Waals surface area contributed by atoms with Crippen LogP contribution in [0.5, 0.6) is 0 Å². The molecular formula is C11H14N2O2. The van der Waals surface area contributed by atoms with Crippen LogP contribution in [0, 0.1) is 0 Å². The van der Waals surface area contributed by atoms with E-state index in [2.05, 4.69) is 5.32 Å². The Kier molecular flexibility index (Phi) is 4.53. The summed E-state index contributed by atoms with van der Waals surface area (Å²) in [7, 11) is 0. The molecule has 0 aromatic heterocycles.